The lowest BCUT2D eigenvalue weighted by molar-refractivity contribution is 0.373. The second kappa shape index (κ2) is 6.91. The van der Waals surface area contributed by atoms with Gasteiger partial charge in [-0.15, -0.1) is 0 Å². The van der Waals surface area contributed by atoms with Crippen LogP contribution in [0.4, 0.5) is 4.39 Å². The number of ether oxygens (including phenoxy) is 1. The minimum absolute atomic E-state index is 0.144. The average Bonchev–Trinajstić information content (AvgIpc) is 2.46. The van der Waals surface area contributed by atoms with Gasteiger partial charge in [0, 0.05) is 6.54 Å². The number of benzene rings is 2. The van der Waals surface area contributed by atoms with Crippen molar-refractivity contribution >= 4 is 0 Å². The summed E-state index contributed by atoms with van der Waals surface area (Å²) in [6.45, 7) is 1.46. The van der Waals surface area contributed by atoms with Crippen molar-refractivity contribution in [2.24, 2.45) is 0 Å². The van der Waals surface area contributed by atoms with E-state index in [1.54, 1.807) is 24.3 Å². The number of aromatic hydroxyl groups is 1. The van der Waals surface area contributed by atoms with E-state index in [0.717, 1.165) is 24.1 Å². The molecule has 3 nitrogen and oxygen atoms in total. The Balaban J connectivity index is 1.78. The first-order valence-corrected chi connectivity index (χ1v) is 6.50. The van der Waals surface area contributed by atoms with Crippen LogP contribution in [0.25, 0.3) is 0 Å². The molecular weight excluding hydrogens is 257 g/mol. The highest BCUT2D eigenvalue weighted by Crippen LogP contribution is 2.25. The van der Waals surface area contributed by atoms with Crippen LogP contribution >= 0.6 is 0 Å². The Morgan fingerprint density at radius 2 is 1.80 bits per heavy atom. The van der Waals surface area contributed by atoms with E-state index in [1.807, 2.05) is 6.07 Å². The molecule has 0 aliphatic carbocycles. The Kier molecular flexibility index (Phi) is 4.96. The fourth-order valence-electron chi connectivity index (χ4n) is 1.96. The van der Waals surface area contributed by atoms with Gasteiger partial charge in [-0.05, 0) is 48.4 Å². The van der Waals surface area contributed by atoms with Gasteiger partial charge in [-0.3, -0.25) is 0 Å². The van der Waals surface area contributed by atoms with Crippen molar-refractivity contribution in [1.29, 1.82) is 0 Å². The molecule has 0 radical (unpaired) electrons. The molecule has 0 heterocycles. The first-order valence-electron chi connectivity index (χ1n) is 6.50. The molecule has 0 aromatic heterocycles. The summed E-state index contributed by atoms with van der Waals surface area (Å²) in [4.78, 5) is 0. The van der Waals surface area contributed by atoms with Crippen molar-refractivity contribution < 1.29 is 14.2 Å². The number of methoxy groups -OCH3 is 1. The van der Waals surface area contributed by atoms with Gasteiger partial charge < -0.3 is 15.2 Å². The predicted molar refractivity (Wildman–Crippen MR) is 76.5 cm³/mol. The van der Waals surface area contributed by atoms with Crippen LogP contribution in [0.2, 0.25) is 0 Å². The van der Waals surface area contributed by atoms with Crippen LogP contribution in [-0.4, -0.2) is 18.8 Å². The van der Waals surface area contributed by atoms with Gasteiger partial charge in [0.2, 0.25) is 0 Å². The van der Waals surface area contributed by atoms with Gasteiger partial charge >= 0.3 is 0 Å². The molecule has 2 aromatic rings. The molecule has 0 saturated heterocycles. The van der Waals surface area contributed by atoms with Gasteiger partial charge in [0.1, 0.15) is 5.82 Å². The predicted octanol–water partition coefficient (Wildman–Crippen LogP) is 2.87. The van der Waals surface area contributed by atoms with Crippen molar-refractivity contribution in [3.63, 3.8) is 0 Å². The first-order chi connectivity index (χ1) is 9.69. The minimum atomic E-state index is -0.213. The number of phenols is 1. The summed E-state index contributed by atoms with van der Waals surface area (Å²) in [6.07, 6.45) is 0.836. The summed E-state index contributed by atoms with van der Waals surface area (Å²) in [7, 11) is 1.52. The summed E-state index contributed by atoms with van der Waals surface area (Å²) in [5.74, 6) is 0.404. The van der Waals surface area contributed by atoms with E-state index in [4.69, 9.17) is 4.74 Å². The monoisotopic (exact) mass is 275 g/mol. The van der Waals surface area contributed by atoms with Gasteiger partial charge in [-0.25, -0.2) is 4.39 Å². The lowest BCUT2D eigenvalue weighted by Gasteiger charge is -2.08. The van der Waals surface area contributed by atoms with Crippen molar-refractivity contribution in [2.45, 2.75) is 13.0 Å². The van der Waals surface area contributed by atoms with Crippen LogP contribution in [0.15, 0.2) is 42.5 Å². The number of halogens is 1. The van der Waals surface area contributed by atoms with Crippen LogP contribution in [0, 0.1) is 5.82 Å². The topological polar surface area (TPSA) is 41.5 Å². The zero-order chi connectivity index (χ0) is 14.4. The molecule has 0 fully saturated rings. The molecule has 20 heavy (non-hydrogen) atoms. The molecule has 0 spiro atoms. The third-order valence-electron chi connectivity index (χ3n) is 3.08. The van der Waals surface area contributed by atoms with Gasteiger partial charge in [0.05, 0.1) is 7.11 Å². The number of nitrogens with one attached hydrogen (secondary N) is 1. The molecule has 106 valence electrons. The summed E-state index contributed by atoms with van der Waals surface area (Å²) >= 11 is 0. The molecule has 0 aliphatic rings. The zero-order valence-electron chi connectivity index (χ0n) is 11.4. The van der Waals surface area contributed by atoms with Crippen LogP contribution in [-0.2, 0) is 13.0 Å². The Bertz CT molecular complexity index is 555. The van der Waals surface area contributed by atoms with Crippen LogP contribution in [0.3, 0.4) is 0 Å². The standard InChI is InChI=1S/C16H18FNO2/c1-20-16-7-4-13(10-15(16)19)11-18-9-8-12-2-5-14(17)6-3-12/h2-7,10,18-19H,8-9,11H2,1H3. The van der Waals surface area contributed by atoms with E-state index in [9.17, 15) is 9.50 Å². The fraction of sp³-hybridized carbons (Fsp3) is 0.250. The van der Waals surface area contributed by atoms with Crippen LogP contribution in [0.1, 0.15) is 11.1 Å². The van der Waals surface area contributed by atoms with Gasteiger partial charge in [-0.1, -0.05) is 18.2 Å². The molecule has 4 heteroatoms. The SMILES string of the molecule is COc1ccc(CNCCc2ccc(F)cc2)cc1O. The smallest absolute Gasteiger partial charge is 0.160 e. The molecular formula is C16H18FNO2. The van der Waals surface area contributed by atoms with Crippen molar-refractivity contribution in [3.05, 3.63) is 59.4 Å². The van der Waals surface area contributed by atoms with Crippen molar-refractivity contribution in [3.8, 4) is 11.5 Å². The van der Waals surface area contributed by atoms with Crippen LogP contribution < -0.4 is 10.1 Å². The molecule has 2 aromatic carbocycles. The van der Waals surface area contributed by atoms with E-state index in [2.05, 4.69) is 5.32 Å². The third-order valence-corrected chi connectivity index (χ3v) is 3.08. The number of hydrogen-bond donors (Lipinski definition) is 2. The number of hydrogen-bond acceptors (Lipinski definition) is 3. The largest absolute Gasteiger partial charge is 0.504 e. The van der Waals surface area contributed by atoms with E-state index in [0.29, 0.717) is 12.3 Å². The first kappa shape index (κ1) is 14.3. The highest BCUT2D eigenvalue weighted by molar-refractivity contribution is 5.41. The summed E-state index contributed by atoms with van der Waals surface area (Å²) < 4.78 is 17.7. The van der Waals surface area contributed by atoms with Gasteiger partial charge in [0.15, 0.2) is 11.5 Å². The Hall–Kier alpha value is -2.07. The summed E-state index contributed by atoms with van der Waals surface area (Å²) in [6, 6.07) is 11.8. The zero-order valence-corrected chi connectivity index (χ0v) is 11.4. The maximum atomic E-state index is 12.7. The summed E-state index contributed by atoms with van der Waals surface area (Å²) in [5.41, 5.74) is 2.08. The second-order valence-corrected chi connectivity index (χ2v) is 4.56. The van der Waals surface area contributed by atoms with Gasteiger partial charge in [-0.2, -0.15) is 0 Å². The third kappa shape index (κ3) is 3.96. The Labute approximate surface area is 118 Å². The molecule has 2 rings (SSSR count). The minimum Gasteiger partial charge on any atom is -0.504 e. The van der Waals surface area contributed by atoms with Gasteiger partial charge in [0.25, 0.3) is 0 Å². The highest BCUT2D eigenvalue weighted by atomic mass is 19.1. The van der Waals surface area contributed by atoms with E-state index < -0.39 is 0 Å². The lowest BCUT2D eigenvalue weighted by atomic mass is 10.1. The lowest BCUT2D eigenvalue weighted by Crippen LogP contribution is -2.16. The highest BCUT2D eigenvalue weighted by Gasteiger charge is 2.02. The molecule has 2 N–H and O–H groups in total. The molecule has 0 bridgehead atoms. The maximum Gasteiger partial charge on any atom is 0.160 e. The normalized spacial score (nSPS) is 10.5. The molecule has 0 unspecified atom stereocenters. The molecule has 0 saturated carbocycles. The fourth-order valence-corrected chi connectivity index (χ4v) is 1.96. The quantitative estimate of drug-likeness (QED) is 0.797. The van der Waals surface area contributed by atoms with E-state index in [-0.39, 0.29) is 11.6 Å². The molecule has 0 aliphatic heterocycles. The van der Waals surface area contributed by atoms with E-state index in [1.165, 1.54) is 19.2 Å². The molecule has 0 atom stereocenters. The summed E-state index contributed by atoms with van der Waals surface area (Å²) in [5, 5.41) is 12.9. The Morgan fingerprint density at radius 1 is 1.10 bits per heavy atom. The Morgan fingerprint density at radius 3 is 2.45 bits per heavy atom. The average molecular weight is 275 g/mol. The van der Waals surface area contributed by atoms with Crippen molar-refractivity contribution in [2.75, 3.05) is 13.7 Å². The molecule has 0 amide bonds. The second-order valence-electron chi connectivity index (χ2n) is 4.56. The number of rotatable bonds is 6. The maximum absolute atomic E-state index is 12.7. The van der Waals surface area contributed by atoms with E-state index >= 15 is 0 Å². The number of phenolic OH excluding ortho intramolecular Hbond substituents is 1. The van der Waals surface area contributed by atoms with Crippen molar-refractivity contribution in [1.82, 2.24) is 5.32 Å². The van der Waals surface area contributed by atoms with Crippen LogP contribution in [0.5, 0.6) is 11.5 Å².